The highest BCUT2D eigenvalue weighted by atomic mass is 35.5. The predicted octanol–water partition coefficient (Wildman–Crippen LogP) is 2.17. The summed E-state index contributed by atoms with van der Waals surface area (Å²) in [6.45, 7) is 1.48. The molecule has 0 aromatic carbocycles. The van der Waals surface area contributed by atoms with E-state index in [2.05, 4.69) is 0 Å². The van der Waals surface area contributed by atoms with E-state index < -0.39 is 12.7 Å². The maximum Gasteiger partial charge on any atom is 0.401 e. The van der Waals surface area contributed by atoms with Crippen molar-refractivity contribution in [2.75, 3.05) is 13.1 Å². The summed E-state index contributed by atoms with van der Waals surface area (Å²) in [4.78, 5) is 1.47. The van der Waals surface area contributed by atoms with Gasteiger partial charge in [-0.15, -0.1) is 12.4 Å². The zero-order valence-corrected chi connectivity index (χ0v) is 9.57. The summed E-state index contributed by atoms with van der Waals surface area (Å²) in [5.74, 6) is 0. The molecule has 0 spiro atoms. The van der Waals surface area contributed by atoms with Crippen LogP contribution < -0.4 is 5.73 Å². The molecule has 0 saturated carbocycles. The summed E-state index contributed by atoms with van der Waals surface area (Å²) in [7, 11) is 0. The molecule has 0 aromatic rings. The van der Waals surface area contributed by atoms with Gasteiger partial charge in [-0.3, -0.25) is 4.90 Å². The van der Waals surface area contributed by atoms with Crippen molar-refractivity contribution >= 4 is 12.4 Å². The van der Waals surface area contributed by atoms with Crippen molar-refractivity contribution in [3.63, 3.8) is 0 Å². The monoisotopic (exact) mass is 246 g/mol. The Hall–Kier alpha value is -0.0000000000000000555. The Balaban J connectivity index is 0.00000196. The predicted molar refractivity (Wildman–Crippen MR) is 56.2 cm³/mol. The third-order valence-corrected chi connectivity index (χ3v) is 2.65. The Morgan fingerprint density at radius 3 is 2.47 bits per heavy atom. The van der Waals surface area contributed by atoms with Crippen LogP contribution in [0, 0.1) is 0 Å². The maximum absolute atomic E-state index is 12.2. The molecule has 1 aliphatic rings. The first-order chi connectivity index (χ1) is 6.40. The third kappa shape index (κ3) is 5.04. The van der Waals surface area contributed by atoms with E-state index in [1.165, 1.54) is 4.90 Å². The summed E-state index contributed by atoms with van der Waals surface area (Å²) in [5.41, 5.74) is 5.67. The average molecular weight is 247 g/mol. The van der Waals surface area contributed by atoms with Crippen molar-refractivity contribution in [3.05, 3.63) is 0 Å². The minimum absolute atomic E-state index is 0. The van der Waals surface area contributed by atoms with Gasteiger partial charge in [-0.2, -0.15) is 13.2 Å². The molecule has 0 amide bonds. The van der Waals surface area contributed by atoms with E-state index in [-0.39, 0.29) is 24.5 Å². The molecule has 1 fully saturated rings. The van der Waals surface area contributed by atoms with Gasteiger partial charge >= 0.3 is 6.18 Å². The van der Waals surface area contributed by atoms with E-state index in [4.69, 9.17) is 5.73 Å². The van der Waals surface area contributed by atoms with Crippen molar-refractivity contribution in [2.45, 2.75) is 44.4 Å². The zero-order chi connectivity index (χ0) is 10.8. The van der Waals surface area contributed by atoms with Crippen molar-refractivity contribution < 1.29 is 13.2 Å². The first kappa shape index (κ1) is 15.0. The number of hydrogen-bond donors (Lipinski definition) is 1. The van der Waals surface area contributed by atoms with E-state index in [1.807, 2.05) is 0 Å². The molecule has 1 aliphatic heterocycles. The van der Waals surface area contributed by atoms with Gasteiger partial charge in [0.25, 0.3) is 0 Å². The highest BCUT2D eigenvalue weighted by molar-refractivity contribution is 5.85. The van der Waals surface area contributed by atoms with E-state index in [1.54, 1.807) is 6.92 Å². The van der Waals surface area contributed by atoms with Crippen LogP contribution >= 0.6 is 12.4 Å². The van der Waals surface area contributed by atoms with Crippen LogP contribution in [0.3, 0.4) is 0 Å². The number of hydrogen-bond acceptors (Lipinski definition) is 2. The number of halogens is 4. The molecule has 1 saturated heterocycles. The van der Waals surface area contributed by atoms with Crippen LogP contribution in [0.4, 0.5) is 13.2 Å². The molecule has 2 nitrogen and oxygen atoms in total. The molecule has 2 N–H and O–H groups in total. The number of alkyl halides is 3. The molecule has 6 heteroatoms. The lowest BCUT2D eigenvalue weighted by atomic mass is 9.97. The number of likely N-dealkylation sites (tertiary alicyclic amines) is 1. The van der Waals surface area contributed by atoms with Gasteiger partial charge in [0.1, 0.15) is 0 Å². The first-order valence-corrected chi connectivity index (χ1v) is 4.96. The zero-order valence-electron chi connectivity index (χ0n) is 8.76. The van der Waals surface area contributed by atoms with Crippen LogP contribution in [-0.2, 0) is 0 Å². The molecule has 0 aromatic heterocycles. The van der Waals surface area contributed by atoms with E-state index in [0.717, 1.165) is 19.3 Å². The van der Waals surface area contributed by atoms with Gasteiger partial charge in [0.2, 0.25) is 0 Å². The lowest BCUT2D eigenvalue weighted by Crippen LogP contribution is -2.52. The Bertz CT molecular complexity index is 185. The highest BCUT2D eigenvalue weighted by Gasteiger charge is 2.35. The van der Waals surface area contributed by atoms with Crippen molar-refractivity contribution in [1.82, 2.24) is 4.90 Å². The summed E-state index contributed by atoms with van der Waals surface area (Å²) >= 11 is 0. The molecule has 0 aliphatic carbocycles. The standard InChI is InChI=1S/C9H17F3N2.ClH/c1-7(13)8-4-2-3-5-14(8)6-9(10,11)12;/h7-8H,2-6,13H2,1H3;1H. The van der Waals surface area contributed by atoms with Crippen molar-refractivity contribution in [3.8, 4) is 0 Å². The van der Waals surface area contributed by atoms with E-state index in [9.17, 15) is 13.2 Å². The first-order valence-electron chi connectivity index (χ1n) is 4.96. The largest absolute Gasteiger partial charge is 0.401 e. The van der Waals surface area contributed by atoms with Gasteiger partial charge in [0.05, 0.1) is 6.54 Å². The van der Waals surface area contributed by atoms with Crippen molar-refractivity contribution in [1.29, 1.82) is 0 Å². The lowest BCUT2D eigenvalue weighted by molar-refractivity contribution is -0.154. The third-order valence-electron chi connectivity index (χ3n) is 2.65. The summed E-state index contributed by atoms with van der Waals surface area (Å²) in [6, 6.07) is -0.289. The van der Waals surface area contributed by atoms with Gasteiger partial charge in [0, 0.05) is 12.1 Å². The molecule has 2 atom stereocenters. The van der Waals surface area contributed by atoms with Crippen LogP contribution in [0.25, 0.3) is 0 Å². The Kier molecular flexibility index (Phi) is 5.92. The smallest absolute Gasteiger partial charge is 0.327 e. The normalized spacial score (nSPS) is 25.8. The van der Waals surface area contributed by atoms with Gasteiger partial charge in [-0.1, -0.05) is 6.42 Å². The number of nitrogens with zero attached hydrogens (tertiary/aromatic N) is 1. The SMILES string of the molecule is CC(N)C1CCCCN1CC(F)(F)F.Cl. The number of piperidine rings is 1. The molecule has 15 heavy (non-hydrogen) atoms. The van der Waals surface area contributed by atoms with Crippen LogP contribution in [0.2, 0.25) is 0 Å². The fourth-order valence-corrected chi connectivity index (χ4v) is 2.04. The fourth-order valence-electron chi connectivity index (χ4n) is 2.04. The van der Waals surface area contributed by atoms with Gasteiger partial charge in [-0.25, -0.2) is 0 Å². The Morgan fingerprint density at radius 2 is 2.00 bits per heavy atom. The second-order valence-electron chi connectivity index (χ2n) is 4.01. The van der Waals surface area contributed by atoms with Crippen LogP contribution in [-0.4, -0.2) is 36.2 Å². The molecule has 2 unspecified atom stereocenters. The molecule has 0 bridgehead atoms. The number of nitrogens with two attached hydrogens (primary N) is 1. The minimum Gasteiger partial charge on any atom is -0.327 e. The summed E-state index contributed by atoms with van der Waals surface area (Å²) in [6.07, 6.45) is -1.49. The Labute approximate surface area is 94.4 Å². The van der Waals surface area contributed by atoms with Crippen molar-refractivity contribution in [2.24, 2.45) is 5.73 Å². The number of rotatable bonds is 2. The highest BCUT2D eigenvalue weighted by Crippen LogP contribution is 2.24. The quantitative estimate of drug-likeness (QED) is 0.809. The molecule has 1 rings (SSSR count). The molecule has 0 radical (unpaired) electrons. The average Bonchev–Trinajstić information content (AvgIpc) is 2.01. The second kappa shape index (κ2) is 5.92. The van der Waals surface area contributed by atoms with Crippen LogP contribution in [0.1, 0.15) is 26.2 Å². The Morgan fingerprint density at radius 1 is 1.40 bits per heavy atom. The lowest BCUT2D eigenvalue weighted by Gasteiger charge is -2.38. The maximum atomic E-state index is 12.2. The topological polar surface area (TPSA) is 29.3 Å². The van der Waals surface area contributed by atoms with Crippen LogP contribution in [0.5, 0.6) is 0 Å². The van der Waals surface area contributed by atoms with Crippen LogP contribution in [0.15, 0.2) is 0 Å². The molecular weight excluding hydrogens is 229 g/mol. The molecular formula is C9H18ClF3N2. The van der Waals surface area contributed by atoms with E-state index in [0.29, 0.717) is 6.54 Å². The molecule has 1 heterocycles. The van der Waals surface area contributed by atoms with Gasteiger partial charge in [0.15, 0.2) is 0 Å². The minimum atomic E-state index is -4.11. The fraction of sp³-hybridized carbons (Fsp3) is 1.00. The molecule has 92 valence electrons. The summed E-state index contributed by atoms with van der Waals surface area (Å²) < 4.78 is 36.6. The summed E-state index contributed by atoms with van der Waals surface area (Å²) in [5, 5.41) is 0. The van der Waals surface area contributed by atoms with Gasteiger partial charge < -0.3 is 5.73 Å². The second-order valence-corrected chi connectivity index (χ2v) is 4.01. The van der Waals surface area contributed by atoms with E-state index >= 15 is 0 Å². The van der Waals surface area contributed by atoms with Gasteiger partial charge in [-0.05, 0) is 26.3 Å².